The number of rotatable bonds is 4. The Balaban J connectivity index is 1.22. The molecule has 0 aromatic heterocycles. The van der Waals surface area contributed by atoms with Crippen LogP contribution in [0.2, 0.25) is 0 Å². The number of ether oxygens (including phenoxy) is 1. The number of fused-ring (bicyclic) bond motifs is 3. The quantitative estimate of drug-likeness (QED) is 0.507. The molecule has 1 aliphatic carbocycles. The van der Waals surface area contributed by atoms with Gasteiger partial charge in [0, 0.05) is 12.6 Å². The smallest absolute Gasteiger partial charge is 0.338 e. The van der Waals surface area contributed by atoms with Gasteiger partial charge in [-0.05, 0) is 66.5 Å². The van der Waals surface area contributed by atoms with E-state index in [0.29, 0.717) is 23.4 Å². The highest BCUT2D eigenvalue weighted by molar-refractivity contribution is 6.34. The molecule has 2 atom stereocenters. The minimum atomic E-state index is -0.615. The summed E-state index contributed by atoms with van der Waals surface area (Å²) in [4.78, 5) is 53.7. The zero-order valence-corrected chi connectivity index (χ0v) is 19.7. The van der Waals surface area contributed by atoms with E-state index in [9.17, 15) is 19.2 Å². The molecular weight excluding hydrogens is 432 g/mol. The number of carbonyl (C=O) groups excluding carboxylic acids is 4. The maximum Gasteiger partial charge on any atom is 0.338 e. The highest BCUT2D eigenvalue weighted by Crippen LogP contribution is 2.52. The van der Waals surface area contributed by atoms with E-state index in [1.165, 1.54) is 24.3 Å². The summed E-state index contributed by atoms with van der Waals surface area (Å²) in [6.45, 7) is 7.13. The van der Waals surface area contributed by atoms with Gasteiger partial charge in [0.15, 0.2) is 6.61 Å². The number of hydrogen-bond donors (Lipinski definition) is 0. The molecule has 1 saturated carbocycles. The summed E-state index contributed by atoms with van der Waals surface area (Å²) in [7, 11) is 0. The molecule has 0 unspecified atom stereocenters. The lowest BCUT2D eigenvalue weighted by Gasteiger charge is -2.39. The third-order valence-corrected chi connectivity index (χ3v) is 7.22. The van der Waals surface area contributed by atoms with E-state index in [0.717, 1.165) is 24.2 Å². The maximum atomic E-state index is 12.9. The summed E-state index contributed by atoms with van der Waals surface area (Å²) in [5, 5.41) is 0. The lowest BCUT2D eigenvalue weighted by molar-refractivity contribution is -0.135. The SMILES string of the molecule is CC1(C)C[C@H]2C[C@@](C)(CN2C(=O)COC(=O)c2ccc(N3C(=O)c4ccccc4C3=O)cc2)C1. The molecule has 2 aromatic carbocycles. The van der Waals surface area contributed by atoms with Gasteiger partial charge < -0.3 is 9.64 Å². The zero-order valence-electron chi connectivity index (χ0n) is 19.7. The highest BCUT2D eigenvalue weighted by Gasteiger charge is 2.51. The second-order valence-corrected chi connectivity index (χ2v) is 10.8. The van der Waals surface area contributed by atoms with Crippen LogP contribution in [0.25, 0.3) is 0 Å². The van der Waals surface area contributed by atoms with Crippen LogP contribution in [0, 0.1) is 10.8 Å². The molecule has 7 nitrogen and oxygen atoms in total. The molecule has 2 bridgehead atoms. The third kappa shape index (κ3) is 3.79. The second-order valence-electron chi connectivity index (χ2n) is 10.8. The van der Waals surface area contributed by atoms with E-state index in [-0.39, 0.29) is 34.9 Å². The molecule has 0 radical (unpaired) electrons. The topological polar surface area (TPSA) is 84.0 Å². The molecule has 1 saturated heterocycles. The average molecular weight is 461 g/mol. The predicted molar refractivity (Wildman–Crippen MR) is 126 cm³/mol. The van der Waals surface area contributed by atoms with Crippen molar-refractivity contribution in [1.29, 1.82) is 0 Å². The van der Waals surface area contributed by atoms with Crippen molar-refractivity contribution in [3.8, 4) is 0 Å². The Kier molecular flexibility index (Phi) is 5.11. The molecule has 2 aromatic rings. The Morgan fingerprint density at radius 3 is 2.18 bits per heavy atom. The summed E-state index contributed by atoms with van der Waals surface area (Å²) in [5.74, 6) is -1.57. The molecule has 0 N–H and O–H groups in total. The van der Waals surface area contributed by atoms with Crippen LogP contribution < -0.4 is 4.90 Å². The highest BCUT2D eigenvalue weighted by atomic mass is 16.5. The predicted octanol–water partition coefficient (Wildman–Crippen LogP) is 4.07. The van der Waals surface area contributed by atoms with Crippen molar-refractivity contribution >= 4 is 29.4 Å². The molecule has 7 heteroatoms. The Morgan fingerprint density at radius 2 is 1.56 bits per heavy atom. The van der Waals surface area contributed by atoms with E-state index in [4.69, 9.17) is 4.74 Å². The number of hydrogen-bond acceptors (Lipinski definition) is 5. The van der Waals surface area contributed by atoms with Crippen LogP contribution in [0.5, 0.6) is 0 Å². The molecule has 3 amide bonds. The van der Waals surface area contributed by atoms with Crippen molar-refractivity contribution in [3.05, 3.63) is 65.2 Å². The van der Waals surface area contributed by atoms with Gasteiger partial charge in [0.1, 0.15) is 0 Å². The summed E-state index contributed by atoms with van der Waals surface area (Å²) >= 11 is 0. The van der Waals surface area contributed by atoms with Gasteiger partial charge in [0.25, 0.3) is 17.7 Å². The molecule has 5 rings (SSSR count). The van der Waals surface area contributed by atoms with Gasteiger partial charge in [-0.15, -0.1) is 0 Å². The molecule has 2 aliphatic heterocycles. The fraction of sp³-hybridized carbons (Fsp3) is 0.407. The zero-order chi connectivity index (χ0) is 24.3. The molecule has 3 aliphatic rings. The first-order valence-corrected chi connectivity index (χ1v) is 11.6. The van der Waals surface area contributed by atoms with Crippen molar-refractivity contribution in [1.82, 2.24) is 4.90 Å². The third-order valence-electron chi connectivity index (χ3n) is 7.22. The summed E-state index contributed by atoms with van der Waals surface area (Å²) in [6.07, 6.45) is 3.04. The Hall–Kier alpha value is -3.48. The first-order chi connectivity index (χ1) is 16.1. The largest absolute Gasteiger partial charge is 0.452 e. The molecule has 176 valence electrons. The minimum absolute atomic E-state index is 0.117. The number of esters is 1. The van der Waals surface area contributed by atoms with E-state index in [1.54, 1.807) is 24.3 Å². The van der Waals surface area contributed by atoms with E-state index in [2.05, 4.69) is 20.8 Å². The number of benzene rings is 2. The molecule has 2 fully saturated rings. The van der Waals surface area contributed by atoms with Gasteiger partial charge in [-0.25, -0.2) is 9.69 Å². The fourth-order valence-corrected chi connectivity index (χ4v) is 6.22. The van der Waals surface area contributed by atoms with Crippen LogP contribution in [0.4, 0.5) is 5.69 Å². The summed E-state index contributed by atoms with van der Waals surface area (Å²) in [6, 6.07) is 12.9. The fourth-order valence-electron chi connectivity index (χ4n) is 6.22. The Labute approximate surface area is 198 Å². The second kappa shape index (κ2) is 7.79. The number of likely N-dealkylation sites (tertiary alicyclic amines) is 1. The lowest BCUT2D eigenvalue weighted by atomic mass is 9.65. The number of carbonyl (C=O) groups is 4. The van der Waals surface area contributed by atoms with Gasteiger partial charge >= 0.3 is 5.97 Å². The maximum absolute atomic E-state index is 12.9. The van der Waals surface area contributed by atoms with Gasteiger partial charge in [-0.1, -0.05) is 32.9 Å². The Morgan fingerprint density at radius 1 is 0.941 bits per heavy atom. The van der Waals surface area contributed by atoms with Crippen LogP contribution in [0.1, 0.15) is 71.1 Å². The summed E-state index contributed by atoms with van der Waals surface area (Å²) in [5.41, 5.74) is 1.66. The van der Waals surface area contributed by atoms with Crippen LogP contribution in [0.15, 0.2) is 48.5 Å². The number of anilines is 1. The summed E-state index contributed by atoms with van der Waals surface area (Å²) < 4.78 is 5.32. The molecule has 2 heterocycles. The monoisotopic (exact) mass is 460 g/mol. The number of amides is 3. The van der Waals surface area contributed by atoms with Gasteiger partial charge in [0.2, 0.25) is 0 Å². The van der Waals surface area contributed by atoms with Crippen molar-refractivity contribution in [2.45, 2.75) is 46.1 Å². The number of nitrogens with zero attached hydrogens (tertiary/aromatic N) is 2. The van der Waals surface area contributed by atoms with E-state index in [1.807, 2.05) is 4.90 Å². The molecule has 0 spiro atoms. The van der Waals surface area contributed by atoms with Gasteiger partial charge in [-0.2, -0.15) is 0 Å². The van der Waals surface area contributed by atoms with Crippen molar-refractivity contribution < 1.29 is 23.9 Å². The van der Waals surface area contributed by atoms with Crippen molar-refractivity contribution in [2.24, 2.45) is 10.8 Å². The van der Waals surface area contributed by atoms with E-state index >= 15 is 0 Å². The van der Waals surface area contributed by atoms with Gasteiger partial charge in [-0.3, -0.25) is 14.4 Å². The minimum Gasteiger partial charge on any atom is -0.452 e. The molecular formula is C27H28N2O5. The lowest BCUT2D eigenvalue weighted by Crippen LogP contribution is -2.39. The molecule has 34 heavy (non-hydrogen) atoms. The van der Waals surface area contributed by atoms with Crippen LogP contribution in [-0.2, 0) is 9.53 Å². The number of imide groups is 1. The van der Waals surface area contributed by atoms with Gasteiger partial charge in [0.05, 0.1) is 22.4 Å². The Bertz CT molecular complexity index is 1170. The average Bonchev–Trinajstić information content (AvgIpc) is 3.20. The first kappa shape index (κ1) is 22.3. The van der Waals surface area contributed by atoms with Crippen LogP contribution >= 0.6 is 0 Å². The van der Waals surface area contributed by atoms with Crippen LogP contribution in [0.3, 0.4) is 0 Å². The van der Waals surface area contributed by atoms with Crippen LogP contribution in [-0.4, -0.2) is 47.8 Å². The van der Waals surface area contributed by atoms with E-state index < -0.39 is 17.8 Å². The van der Waals surface area contributed by atoms with Crippen molar-refractivity contribution in [3.63, 3.8) is 0 Å². The normalized spacial score (nSPS) is 24.9. The van der Waals surface area contributed by atoms with Crippen molar-refractivity contribution in [2.75, 3.05) is 18.1 Å². The first-order valence-electron chi connectivity index (χ1n) is 11.6. The standard InChI is InChI=1S/C27H28N2O5/c1-26(2)12-19-13-27(3,15-26)16-28(19)22(30)14-34-25(33)17-8-10-18(11-9-17)29-23(31)20-6-4-5-7-21(20)24(29)32/h4-11,19H,12-16H2,1-3H3/t19-,27+/m0/s1.